The van der Waals surface area contributed by atoms with Gasteiger partial charge in [-0.15, -0.1) is 0 Å². The van der Waals surface area contributed by atoms with E-state index in [-0.39, 0.29) is 17.8 Å². The minimum absolute atomic E-state index is 0.0475. The van der Waals surface area contributed by atoms with E-state index in [1.54, 1.807) is 0 Å². The maximum absolute atomic E-state index is 12.3. The van der Waals surface area contributed by atoms with Gasteiger partial charge in [-0.05, 0) is 6.42 Å². The van der Waals surface area contributed by atoms with Crippen LogP contribution in [0.25, 0.3) is 0 Å². The SMILES string of the molecule is CCCCCCCCCCCCCCCCCC(=O)c1cc([N+](=O)[O-])cc([N+](=O)[O-])c1. The van der Waals surface area contributed by atoms with Gasteiger partial charge in [-0.3, -0.25) is 25.0 Å². The predicted octanol–water partition coefficient (Wildman–Crippen LogP) is 7.95. The van der Waals surface area contributed by atoms with Crippen LogP contribution in [0, 0.1) is 20.2 Å². The Morgan fingerprint density at radius 2 is 1.00 bits per heavy atom. The number of unbranched alkanes of at least 4 members (excludes halogenated alkanes) is 14. The summed E-state index contributed by atoms with van der Waals surface area (Å²) in [5, 5.41) is 21.9. The van der Waals surface area contributed by atoms with Crippen molar-refractivity contribution in [2.45, 2.75) is 110 Å². The number of hydrogen-bond donors (Lipinski definition) is 0. The summed E-state index contributed by atoms with van der Waals surface area (Å²) < 4.78 is 0. The average molecular weight is 435 g/mol. The minimum atomic E-state index is -0.711. The molecule has 7 nitrogen and oxygen atoms in total. The van der Waals surface area contributed by atoms with E-state index in [2.05, 4.69) is 6.92 Å². The molecule has 31 heavy (non-hydrogen) atoms. The van der Waals surface area contributed by atoms with Crippen molar-refractivity contribution in [1.29, 1.82) is 0 Å². The van der Waals surface area contributed by atoms with E-state index in [4.69, 9.17) is 0 Å². The number of nitro benzene ring substituents is 2. The molecule has 0 bridgehead atoms. The number of nitrogens with zero attached hydrogens (tertiary/aromatic N) is 2. The second-order valence-corrected chi connectivity index (χ2v) is 8.38. The number of carbonyl (C=O) groups is 1. The molecule has 0 radical (unpaired) electrons. The Balaban J connectivity index is 2.10. The number of non-ortho nitro benzene ring substituents is 2. The molecule has 7 heteroatoms. The molecule has 0 saturated carbocycles. The van der Waals surface area contributed by atoms with E-state index in [1.165, 1.54) is 70.6 Å². The smallest absolute Gasteiger partial charge is 0.277 e. The summed E-state index contributed by atoms with van der Waals surface area (Å²) in [6, 6.07) is 3.13. The first-order valence-corrected chi connectivity index (χ1v) is 11.9. The Morgan fingerprint density at radius 1 is 0.645 bits per heavy atom. The van der Waals surface area contributed by atoms with Gasteiger partial charge in [0.1, 0.15) is 0 Å². The predicted molar refractivity (Wildman–Crippen MR) is 124 cm³/mol. The average Bonchev–Trinajstić information content (AvgIpc) is 2.75. The van der Waals surface area contributed by atoms with Crippen LogP contribution in [0.15, 0.2) is 18.2 Å². The summed E-state index contributed by atoms with van der Waals surface area (Å²) in [6.45, 7) is 2.25. The van der Waals surface area contributed by atoms with Crippen molar-refractivity contribution in [3.63, 3.8) is 0 Å². The van der Waals surface area contributed by atoms with Crippen LogP contribution in [0.3, 0.4) is 0 Å². The third kappa shape index (κ3) is 12.2. The molecule has 0 amide bonds. The zero-order chi connectivity index (χ0) is 22.9. The number of ketones is 1. The maximum atomic E-state index is 12.3. The molecular weight excluding hydrogens is 396 g/mol. The molecule has 0 aromatic heterocycles. The maximum Gasteiger partial charge on any atom is 0.277 e. The Hall–Kier alpha value is -2.31. The molecule has 1 aromatic carbocycles. The Bertz CT molecular complexity index is 658. The molecule has 0 fully saturated rings. The van der Waals surface area contributed by atoms with Crippen LogP contribution in [0.4, 0.5) is 11.4 Å². The highest BCUT2D eigenvalue weighted by molar-refractivity contribution is 5.97. The lowest BCUT2D eigenvalue weighted by Crippen LogP contribution is -2.02. The van der Waals surface area contributed by atoms with Gasteiger partial charge >= 0.3 is 0 Å². The van der Waals surface area contributed by atoms with E-state index in [0.717, 1.165) is 37.5 Å². The topological polar surface area (TPSA) is 103 Å². The van der Waals surface area contributed by atoms with Crippen LogP contribution in [-0.2, 0) is 0 Å². The Labute approximate surface area is 185 Å². The molecule has 0 unspecified atom stereocenters. The van der Waals surface area contributed by atoms with E-state index in [0.29, 0.717) is 6.42 Å². The van der Waals surface area contributed by atoms with Gasteiger partial charge in [0, 0.05) is 24.1 Å². The van der Waals surface area contributed by atoms with Gasteiger partial charge in [-0.1, -0.05) is 96.8 Å². The van der Waals surface area contributed by atoms with Gasteiger partial charge < -0.3 is 0 Å². The van der Waals surface area contributed by atoms with Gasteiger partial charge in [-0.2, -0.15) is 0 Å². The summed E-state index contributed by atoms with van der Waals surface area (Å²) in [6.07, 6.45) is 18.8. The van der Waals surface area contributed by atoms with E-state index in [1.807, 2.05) is 0 Å². The largest absolute Gasteiger partial charge is 0.294 e. The fourth-order valence-electron chi connectivity index (χ4n) is 3.77. The molecule has 0 spiro atoms. The van der Waals surface area contributed by atoms with E-state index in [9.17, 15) is 25.0 Å². The van der Waals surface area contributed by atoms with Crippen molar-refractivity contribution in [2.75, 3.05) is 0 Å². The van der Waals surface area contributed by atoms with Gasteiger partial charge in [0.2, 0.25) is 0 Å². The van der Waals surface area contributed by atoms with Crippen molar-refractivity contribution >= 4 is 17.2 Å². The summed E-state index contributed by atoms with van der Waals surface area (Å²) in [5.74, 6) is -0.276. The van der Waals surface area contributed by atoms with Gasteiger partial charge in [0.05, 0.1) is 15.9 Å². The number of rotatable bonds is 19. The molecule has 0 saturated heterocycles. The molecule has 0 N–H and O–H groups in total. The number of carbonyl (C=O) groups excluding carboxylic acids is 1. The summed E-state index contributed by atoms with van der Waals surface area (Å²) >= 11 is 0. The van der Waals surface area contributed by atoms with Gasteiger partial charge in [0.15, 0.2) is 5.78 Å². The highest BCUT2D eigenvalue weighted by Gasteiger charge is 2.19. The minimum Gasteiger partial charge on any atom is -0.294 e. The lowest BCUT2D eigenvalue weighted by atomic mass is 10.0. The highest BCUT2D eigenvalue weighted by atomic mass is 16.6. The number of Topliss-reactive ketones (excluding diaryl/α,β-unsaturated/α-hetero) is 1. The molecule has 0 atom stereocenters. The lowest BCUT2D eigenvalue weighted by Gasteiger charge is -2.04. The van der Waals surface area contributed by atoms with Crippen LogP contribution in [0.2, 0.25) is 0 Å². The third-order valence-electron chi connectivity index (χ3n) is 5.65. The zero-order valence-electron chi connectivity index (χ0n) is 19.0. The molecule has 1 aromatic rings. The van der Waals surface area contributed by atoms with Gasteiger partial charge in [-0.25, -0.2) is 0 Å². The molecule has 0 aliphatic carbocycles. The zero-order valence-corrected chi connectivity index (χ0v) is 19.0. The van der Waals surface area contributed by atoms with E-state index >= 15 is 0 Å². The quantitative estimate of drug-likeness (QED) is 0.0950. The van der Waals surface area contributed by atoms with E-state index < -0.39 is 21.2 Å². The monoisotopic (exact) mass is 434 g/mol. The highest BCUT2D eigenvalue weighted by Crippen LogP contribution is 2.24. The Morgan fingerprint density at radius 3 is 1.35 bits per heavy atom. The fraction of sp³-hybridized carbons (Fsp3) is 0.708. The normalized spacial score (nSPS) is 10.9. The van der Waals surface area contributed by atoms with Crippen molar-refractivity contribution in [2.24, 2.45) is 0 Å². The Kier molecular flexibility index (Phi) is 14.1. The molecule has 1 rings (SSSR count). The third-order valence-corrected chi connectivity index (χ3v) is 5.65. The van der Waals surface area contributed by atoms with Crippen LogP contribution >= 0.6 is 0 Å². The van der Waals surface area contributed by atoms with Crippen molar-refractivity contribution in [1.82, 2.24) is 0 Å². The van der Waals surface area contributed by atoms with Crippen LogP contribution in [-0.4, -0.2) is 15.6 Å². The summed E-state index contributed by atoms with van der Waals surface area (Å²) in [4.78, 5) is 32.7. The number of hydrogen-bond acceptors (Lipinski definition) is 5. The molecule has 0 aliphatic heterocycles. The van der Waals surface area contributed by atoms with Crippen molar-refractivity contribution in [3.8, 4) is 0 Å². The molecule has 0 aliphatic rings. The van der Waals surface area contributed by atoms with Crippen molar-refractivity contribution < 1.29 is 14.6 Å². The number of nitro groups is 2. The molecule has 174 valence electrons. The van der Waals surface area contributed by atoms with Crippen LogP contribution in [0.1, 0.15) is 120 Å². The molecule has 0 heterocycles. The first-order valence-electron chi connectivity index (χ1n) is 11.9. The second-order valence-electron chi connectivity index (χ2n) is 8.38. The fourth-order valence-corrected chi connectivity index (χ4v) is 3.77. The number of benzene rings is 1. The standard InChI is InChI=1S/C24H38N2O5/c1-2-3-4-5-6-7-8-9-10-11-12-13-14-15-16-17-24(27)21-18-22(25(28)29)20-23(19-21)26(30)31/h18-20H,2-17H2,1H3. The lowest BCUT2D eigenvalue weighted by molar-refractivity contribution is -0.394. The molecular formula is C24H38N2O5. The van der Waals surface area contributed by atoms with Crippen LogP contribution < -0.4 is 0 Å². The van der Waals surface area contributed by atoms with Gasteiger partial charge in [0.25, 0.3) is 11.4 Å². The first kappa shape index (κ1) is 26.7. The van der Waals surface area contributed by atoms with Crippen LogP contribution in [0.5, 0.6) is 0 Å². The van der Waals surface area contributed by atoms with Crippen molar-refractivity contribution in [3.05, 3.63) is 44.0 Å². The summed E-state index contributed by atoms with van der Waals surface area (Å²) in [7, 11) is 0. The second kappa shape index (κ2) is 16.4. The summed E-state index contributed by atoms with van der Waals surface area (Å²) in [5.41, 5.74) is -0.797. The first-order chi connectivity index (χ1) is 15.0.